The molecule has 1 aromatic carbocycles. The van der Waals surface area contributed by atoms with Gasteiger partial charge >= 0.3 is 12.4 Å². The Hall–Kier alpha value is -1.57. The van der Waals surface area contributed by atoms with Crippen LogP contribution in [0, 0.1) is 5.92 Å². The van der Waals surface area contributed by atoms with Gasteiger partial charge in [-0.05, 0) is 22.4 Å². The summed E-state index contributed by atoms with van der Waals surface area (Å²) in [7, 11) is 0. The Morgan fingerprint density at radius 2 is 1.62 bits per heavy atom. The van der Waals surface area contributed by atoms with Crippen LogP contribution in [0.4, 0.5) is 26.3 Å². The number of halogens is 6. The Morgan fingerprint density at radius 3 is 2.19 bits per heavy atom. The molecule has 1 aromatic heterocycles. The molecule has 0 radical (unpaired) electrons. The molecule has 0 spiro atoms. The molecule has 1 heterocycles. The molecule has 0 fully saturated rings. The van der Waals surface area contributed by atoms with E-state index in [1.807, 2.05) is 0 Å². The summed E-state index contributed by atoms with van der Waals surface area (Å²) in [4.78, 5) is 11.5. The summed E-state index contributed by atoms with van der Waals surface area (Å²) in [5.74, 6) is -5.83. The summed E-state index contributed by atoms with van der Waals surface area (Å²) in [6, 6.07) is 6.54. The lowest BCUT2D eigenvalue weighted by molar-refractivity contribution is -0.273. The van der Waals surface area contributed by atoms with Gasteiger partial charge in [-0.3, -0.25) is 4.79 Å². The van der Waals surface area contributed by atoms with E-state index in [-0.39, 0.29) is 5.56 Å². The molecule has 0 saturated carbocycles. The highest BCUT2D eigenvalue weighted by atomic mass is 32.1. The molecular formula is C13H8F6OS. The first-order chi connectivity index (χ1) is 9.60. The van der Waals surface area contributed by atoms with E-state index in [1.54, 1.807) is 24.3 Å². The third-order valence-electron chi connectivity index (χ3n) is 2.90. The van der Waals surface area contributed by atoms with E-state index in [1.165, 1.54) is 16.7 Å². The molecule has 0 saturated heterocycles. The zero-order chi connectivity index (χ0) is 15.8. The van der Waals surface area contributed by atoms with Gasteiger partial charge in [0, 0.05) is 11.1 Å². The molecule has 21 heavy (non-hydrogen) atoms. The maximum Gasteiger partial charge on any atom is 0.407 e. The maximum absolute atomic E-state index is 12.5. The van der Waals surface area contributed by atoms with Crippen molar-refractivity contribution in [3.8, 4) is 0 Å². The number of alkyl halides is 6. The summed E-state index contributed by atoms with van der Waals surface area (Å²) < 4.78 is 75.5. The van der Waals surface area contributed by atoms with Crippen LogP contribution in [0.2, 0.25) is 0 Å². The number of thiophene rings is 1. The molecule has 0 bridgehead atoms. The fourth-order valence-corrected chi connectivity index (χ4v) is 2.97. The SMILES string of the molecule is O=C(Cc1csc2ccccc12)C(C(F)(F)F)C(F)(F)F. The highest BCUT2D eigenvalue weighted by Crippen LogP contribution is 2.40. The summed E-state index contributed by atoms with van der Waals surface area (Å²) in [6.45, 7) is 0. The number of hydrogen-bond acceptors (Lipinski definition) is 2. The van der Waals surface area contributed by atoms with E-state index in [0.29, 0.717) is 10.1 Å². The third-order valence-corrected chi connectivity index (χ3v) is 3.91. The van der Waals surface area contributed by atoms with Gasteiger partial charge in [0.05, 0.1) is 0 Å². The molecule has 0 N–H and O–H groups in total. The van der Waals surface area contributed by atoms with Crippen molar-refractivity contribution in [1.29, 1.82) is 0 Å². The molecule has 0 amide bonds. The van der Waals surface area contributed by atoms with E-state index in [2.05, 4.69) is 0 Å². The van der Waals surface area contributed by atoms with Gasteiger partial charge in [0.2, 0.25) is 5.92 Å². The molecule has 0 aliphatic rings. The van der Waals surface area contributed by atoms with Gasteiger partial charge in [-0.2, -0.15) is 26.3 Å². The van der Waals surface area contributed by atoms with E-state index in [0.717, 1.165) is 0 Å². The number of carbonyl (C=O) groups is 1. The summed E-state index contributed by atoms with van der Waals surface area (Å²) in [6.07, 6.45) is -12.2. The maximum atomic E-state index is 12.5. The van der Waals surface area contributed by atoms with Crippen LogP contribution < -0.4 is 0 Å². The molecule has 2 rings (SSSR count). The number of carbonyl (C=O) groups excluding carboxylic acids is 1. The zero-order valence-corrected chi connectivity index (χ0v) is 11.1. The molecule has 0 aliphatic heterocycles. The lowest BCUT2D eigenvalue weighted by Gasteiger charge is -2.21. The minimum Gasteiger partial charge on any atom is -0.298 e. The topological polar surface area (TPSA) is 17.1 Å². The van der Waals surface area contributed by atoms with E-state index in [9.17, 15) is 31.1 Å². The minimum atomic E-state index is -5.64. The standard InChI is InChI=1S/C13H8F6OS/c14-12(15,16)11(13(17,18)19)9(20)5-7-6-21-10-4-2-1-3-8(7)10/h1-4,6,11H,5H2. The number of benzene rings is 1. The van der Waals surface area contributed by atoms with Crippen molar-refractivity contribution in [2.45, 2.75) is 18.8 Å². The van der Waals surface area contributed by atoms with E-state index >= 15 is 0 Å². The molecule has 8 heteroatoms. The largest absolute Gasteiger partial charge is 0.407 e. The van der Waals surface area contributed by atoms with Crippen LogP contribution in [-0.4, -0.2) is 18.1 Å². The predicted molar refractivity (Wildman–Crippen MR) is 66.1 cm³/mol. The van der Waals surface area contributed by atoms with Crippen molar-refractivity contribution in [3.05, 3.63) is 35.2 Å². The van der Waals surface area contributed by atoms with Gasteiger partial charge < -0.3 is 0 Å². The number of hydrogen-bond donors (Lipinski definition) is 0. The Kier molecular flexibility index (Phi) is 4.01. The summed E-state index contributed by atoms with van der Waals surface area (Å²) in [5.41, 5.74) is 0.180. The second-order valence-electron chi connectivity index (χ2n) is 4.42. The van der Waals surface area contributed by atoms with Crippen molar-refractivity contribution in [2.24, 2.45) is 5.92 Å². The van der Waals surface area contributed by atoms with Crippen molar-refractivity contribution < 1.29 is 31.1 Å². The van der Waals surface area contributed by atoms with Gasteiger partial charge in [0.1, 0.15) is 0 Å². The van der Waals surface area contributed by atoms with Gasteiger partial charge in [-0.25, -0.2) is 0 Å². The molecule has 1 nitrogen and oxygen atoms in total. The zero-order valence-electron chi connectivity index (χ0n) is 10.3. The third kappa shape index (κ3) is 3.37. The van der Waals surface area contributed by atoms with Crippen LogP contribution in [0.15, 0.2) is 29.6 Å². The highest BCUT2D eigenvalue weighted by Gasteiger charge is 2.60. The van der Waals surface area contributed by atoms with Crippen molar-refractivity contribution in [2.75, 3.05) is 0 Å². The minimum absolute atomic E-state index is 0.180. The van der Waals surface area contributed by atoms with Gasteiger partial charge in [-0.15, -0.1) is 11.3 Å². The van der Waals surface area contributed by atoms with Crippen LogP contribution in [0.3, 0.4) is 0 Å². The molecule has 114 valence electrons. The van der Waals surface area contributed by atoms with Gasteiger partial charge in [0.15, 0.2) is 5.78 Å². The van der Waals surface area contributed by atoms with Gasteiger partial charge in [0.25, 0.3) is 0 Å². The average molecular weight is 326 g/mol. The van der Waals surface area contributed by atoms with E-state index in [4.69, 9.17) is 0 Å². The van der Waals surface area contributed by atoms with Crippen LogP contribution in [0.25, 0.3) is 10.1 Å². The molecule has 0 atom stereocenters. The first-order valence-corrected chi connectivity index (χ1v) is 6.60. The average Bonchev–Trinajstić information content (AvgIpc) is 2.69. The second kappa shape index (κ2) is 5.32. The molecular weight excluding hydrogens is 318 g/mol. The normalized spacial score (nSPS) is 13.1. The predicted octanol–water partition coefficient (Wildman–Crippen LogP) is 4.75. The van der Waals surface area contributed by atoms with Crippen LogP contribution in [-0.2, 0) is 11.2 Å². The van der Waals surface area contributed by atoms with E-state index < -0.39 is 30.5 Å². The first-order valence-electron chi connectivity index (χ1n) is 5.72. The van der Waals surface area contributed by atoms with Gasteiger partial charge in [-0.1, -0.05) is 18.2 Å². The Morgan fingerprint density at radius 1 is 1.05 bits per heavy atom. The fourth-order valence-electron chi connectivity index (χ4n) is 2.01. The quantitative estimate of drug-likeness (QED) is 0.744. The molecule has 2 aromatic rings. The number of Topliss-reactive ketones (excluding diaryl/α,β-unsaturated/α-hetero) is 1. The lowest BCUT2D eigenvalue weighted by Crippen LogP contribution is -2.43. The second-order valence-corrected chi connectivity index (χ2v) is 5.33. The Bertz CT molecular complexity index is 640. The Balaban J connectivity index is 2.31. The van der Waals surface area contributed by atoms with Crippen LogP contribution in [0.1, 0.15) is 5.56 Å². The number of rotatable bonds is 3. The van der Waals surface area contributed by atoms with Crippen molar-refractivity contribution >= 4 is 27.2 Å². The highest BCUT2D eigenvalue weighted by molar-refractivity contribution is 7.17. The van der Waals surface area contributed by atoms with Crippen LogP contribution in [0.5, 0.6) is 0 Å². The Labute approximate surface area is 119 Å². The number of fused-ring (bicyclic) bond motifs is 1. The fraction of sp³-hybridized carbons (Fsp3) is 0.308. The molecule has 0 aliphatic carbocycles. The van der Waals surface area contributed by atoms with Crippen LogP contribution >= 0.6 is 11.3 Å². The molecule has 0 unspecified atom stereocenters. The van der Waals surface area contributed by atoms with Crippen molar-refractivity contribution in [1.82, 2.24) is 0 Å². The number of ketones is 1. The monoisotopic (exact) mass is 326 g/mol. The lowest BCUT2D eigenvalue weighted by atomic mass is 9.96. The summed E-state index contributed by atoms with van der Waals surface area (Å²) >= 11 is 1.17. The van der Waals surface area contributed by atoms with Crippen molar-refractivity contribution in [3.63, 3.8) is 0 Å². The summed E-state index contributed by atoms with van der Waals surface area (Å²) in [5, 5.41) is 1.91. The first kappa shape index (κ1) is 15.8. The smallest absolute Gasteiger partial charge is 0.298 e.